The van der Waals surface area contributed by atoms with Crippen molar-refractivity contribution in [3.05, 3.63) is 54.5 Å². The molecule has 2 aromatic heterocycles. The van der Waals surface area contributed by atoms with Gasteiger partial charge >= 0.3 is 17.9 Å². The molecule has 3 aromatic rings. The molecule has 0 aliphatic carbocycles. The molecular weight excluding hydrogens is 388 g/mol. The van der Waals surface area contributed by atoms with Crippen molar-refractivity contribution in [2.24, 2.45) is 0 Å². The summed E-state index contributed by atoms with van der Waals surface area (Å²) in [6, 6.07) is 8.07. The zero-order chi connectivity index (χ0) is 21.3. The van der Waals surface area contributed by atoms with Crippen molar-refractivity contribution in [2.75, 3.05) is 18.4 Å². The van der Waals surface area contributed by atoms with Crippen molar-refractivity contribution in [2.45, 2.75) is 19.0 Å². The summed E-state index contributed by atoms with van der Waals surface area (Å²) in [5, 5.41) is 19.5. The van der Waals surface area contributed by atoms with Crippen molar-refractivity contribution in [3.63, 3.8) is 0 Å². The maximum Gasteiger partial charge on any atom is 0.407 e. The van der Waals surface area contributed by atoms with E-state index in [0.717, 1.165) is 5.56 Å². The van der Waals surface area contributed by atoms with E-state index in [1.807, 2.05) is 30.3 Å². The van der Waals surface area contributed by atoms with Crippen LogP contribution >= 0.6 is 0 Å². The number of aromatic amines is 1. The number of hydrogen-bond acceptors (Lipinski definition) is 5. The van der Waals surface area contributed by atoms with Gasteiger partial charge in [0.25, 0.3) is 0 Å². The summed E-state index contributed by atoms with van der Waals surface area (Å²) >= 11 is 0. The van der Waals surface area contributed by atoms with Crippen molar-refractivity contribution < 1.29 is 19.5 Å². The molecular formula is C20H20N6O4. The van der Waals surface area contributed by atoms with E-state index in [1.165, 1.54) is 16.0 Å². The number of H-pyrrole nitrogens is 1. The van der Waals surface area contributed by atoms with Crippen LogP contribution in [-0.2, 0) is 9.59 Å². The lowest BCUT2D eigenvalue weighted by Crippen LogP contribution is -2.58. The smallest absolute Gasteiger partial charge is 0.407 e. The molecule has 3 N–H and O–H groups in total. The second-order valence-electron chi connectivity index (χ2n) is 7.14. The molecule has 1 saturated heterocycles. The van der Waals surface area contributed by atoms with E-state index in [2.05, 4.69) is 20.5 Å². The molecule has 30 heavy (non-hydrogen) atoms. The highest BCUT2D eigenvalue weighted by atomic mass is 16.4. The standard InChI is InChI=1S/C20H20N6O4/c1-12-10-26(16(11-25(12)20(29)30)13-5-3-2-4-6-13)19(28)18(27)23-15-9-21-7-14-8-22-24-17(14)15/h2-9,12,16H,10-11H2,1H3,(H,22,24)(H,23,27)(H,29,30)/t12-,16-/m1/s1. The first-order valence-corrected chi connectivity index (χ1v) is 9.39. The fourth-order valence-electron chi connectivity index (χ4n) is 3.69. The van der Waals surface area contributed by atoms with Crippen LogP contribution in [0.25, 0.3) is 10.9 Å². The maximum absolute atomic E-state index is 13.1. The average Bonchev–Trinajstić information content (AvgIpc) is 3.23. The third-order valence-corrected chi connectivity index (χ3v) is 5.23. The number of piperazine rings is 1. The molecule has 0 unspecified atom stereocenters. The number of aromatic nitrogens is 3. The van der Waals surface area contributed by atoms with Gasteiger partial charge in [0.15, 0.2) is 0 Å². The minimum atomic E-state index is -1.06. The lowest BCUT2D eigenvalue weighted by atomic mass is 9.99. The topological polar surface area (TPSA) is 132 Å². The lowest BCUT2D eigenvalue weighted by Gasteiger charge is -2.44. The first-order chi connectivity index (χ1) is 14.5. The van der Waals surface area contributed by atoms with Crippen LogP contribution in [0.3, 0.4) is 0 Å². The second-order valence-corrected chi connectivity index (χ2v) is 7.14. The molecule has 0 bridgehead atoms. The Morgan fingerprint density at radius 3 is 2.60 bits per heavy atom. The minimum Gasteiger partial charge on any atom is -0.465 e. The fraction of sp³-hybridized carbons (Fsp3) is 0.250. The average molecular weight is 408 g/mol. The van der Waals surface area contributed by atoms with Crippen LogP contribution < -0.4 is 5.32 Å². The van der Waals surface area contributed by atoms with Crippen LogP contribution in [0.4, 0.5) is 10.5 Å². The molecule has 2 atom stereocenters. The van der Waals surface area contributed by atoms with Gasteiger partial charge in [-0.3, -0.25) is 19.7 Å². The van der Waals surface area contributed by atoms with Gasteiger partial charge in [-0.15, -0.1) is 0 Å². The molecule has 1 fully saturated rings. The molecule has 10 heteroatoms. The number of nitrogens with one attached hydrogen (secondary N) is 2. The number of carboxylic acid groups (broad SMARTS) is 1. The Bertz CT molecular complexity index is 1100. The zero-order valence-electron chi connectivity index (χ0n) is 16.1. The van der Waals surface area contributed by atoms with Gasteiger partial charge < -0.3 is 20.2 Å². The van der Waals surface area contributed by atoms with Gasteiger partial charge in [0.05, 0.1) is 29.6 Å². The van der Waals surface area contributed by atoms with Crippen molar-refractivity contribution >= 4 is 34.5 Å². The Hall–Kier alpha value is -3.95. The van der Waals surface area contributed by atoms with Gasteiger partial charge in [0.1, 0.15) is 0 Å². The normalized spacial score (nSPS) is 19.0. The van der Waals surface area contributed by atoms with Crippen LogP contribution in [0.2, 0.25) is 0 Å². The Morgan fingerprint density at radius 2 is 1.87 bits per heavy atom. The van der Waals surface area contributed by atoms with Gasteiger partial charge in [0, 0.05) is 30.7 Å². The summed E-state index contributed by atoms with van der Waals surface area (Å²) < 4.78 is 0. The monoisotopic (exact) mass is 408 g/mol. The predicted molar refractivity (Wildman–Crippen MR) is 108 cm³/mol. The fourth-order valence-corrected chi connectivity index (χ4v) is 3.69. The molecule has 3 heterocycles. The van der Waals surface area contributed by atoms with Gasteiger partial charge in [-0.05, 0) is 12.5 Å². The van der Waals surface area contributed by atoms with E-state index in [-0.39, 0.29) is 13.1 Å². The summed E-state index contributed by atoms with van der Waals surface area (Å²) in [6.45, 7) is 1.89. The number of rotatable bonds is 2. The number of carbonyl (C=O) groups is 3. The van der Waals surface area contributed by atoms with Gasteiger partial charge in [-0.2, -0.15) is 5.10 Å². The van der Waals surface area contributed by atoms with Gasteiger partial charge in [0.2, 0.25) is 0 Å². The number of hydrogen-bond donors (Lipinski definition) is 3. The van der Waals surface area contributed by atoms with E-state index >= 15 is 0 Å². The molecule has 1 aliphatic heterocycles. The molecule has 0 radical (unpaired) electrons. The first-order valence-electron chi connectivity index (χ1n) is 9.39. The summed E-state index contributed by atoms with van der Waals surface area (Å²) in [6.07, 6.45) is 3.54. The molecule has 1 aliphatic rings. The molecule has 0 spiro atoms. The molecule has 4 rings (SSSR count). The Balaban J connectivity index is 1.60. The van der Waals surface area contributed by atoms with Crippen LogP contribution in [0.15, 0.2) is 48.9 Å². The summed E-state index contributed by atoms with van der Waals surface area (Å²) in [5.41, 5.74) is 1.67. The van der Waals surface area contributed by atoms with Crippen molar-refractivity contribution in [3.8, 4) is 0 Å². The number of anilines is 1. The van der Waals surface area contributed by atoms with E-state index in [9.17, 15) is 19.5 Å². The van der Waals surface area contributed by atoms with Crippen LogP contribution in [-0.4, -0.2) is 67.1 Å². The third kappa shape index (κ3) is 3.54. The van der Waals surface area contributed by atoms with Crippen LogP contribution in [0.1, 0.15) is 18.5 Å². The molecule has 1 aromatic carbocycles. The first kappa shape index (κ1) is 19.4. The minimum absolute atomic E-state index is 0.0806. The number of nitrogens with zero attached hydrogens (tertiary/aromatic N) is 4. The summed E-state index contributed by atoms with van der Waals surface area (Å²) in [5.74, 6) is -1.56. The Labute approximate surface area is 171 Å². The molecule has 154 valence electrons. The molecule has 3 amide bonds. The Morgan fingerprint density at radius 1 is 1.10 bits per heavy atom. The quantitative estimate of drug-likeness (QED) is 0.555. The maximum atomic E-state index is 13.1. The van der Waals surface area contributed by atoms with Gasteiger partial charge in [-0.25, -0.2) is 4.79 Å². The largest absolute Gasteiger partial charge is 0.465 e. The van der Waals surface area contributed by atoms with E-state index in [1.54, 1.807) is 19.3 Å². The van der Waals surface area contributed by atoms with E-state index in [0.29, 0.717) is 16.6 Å². The van der Waals surface area contributed by atoms with Gasteiger partial charge in [-0.1, -0.05) is 30.3 Å². The third-order valence-electron chi connectivity index (χ3n) is 5.23. The number of benzene rings is 1. The molecule has 10 nitrogen and oxygen atoms in total. The highest BCUT2D eigenvalue weighted by Gasteiger charge is 2.39. The Kier molecular flexibility index (Phi) is 5.05. The predicted octanol–water partition coefficient (Wildman–Crippen LogP) is 1.85. The summed E-state index contributed by atoms with van der Waals surface area (Å²) in [4.78, 5) is 44.2. The van der Waals surface area contributed by atoms with Crippen LogP contribution in [0, 0.1) is 0 Å². The lowest BCUT2D eigenvalue weighted by molar-refractivity contribution is -0.147. The zero-order valence-corrected chi connectivity index (χ0v) is 16.1. The highest BCUT2D eigenvalue weighted by Crippen LogP contribution is 2.29. The number of carbonyl (C=O) groups excluding carboxylic acids is 2. The van der Waals surface area contributed by atoms with E-state index < -0.39 is 30.0 Å². The number of amides is 3. The highest BCUT2D eigenvalue weighted by molar-refractivity contribution is 6.40. The van der Waals surface area contributed by atoms with Crippen molar-refractivity contribution in [1.29, 1.82) is 0 Å². The molecule has 0 saturated carbocycles. The van der Waals surface area contributed by atoms with E-state index in [4.69, 9.17) is 0 Å². The van der Waals surface area contributed by atoms with Crippen molar-refractivity contribution in [1.82, 2.24) is 25.0 Å². The SMILES string of the molecule is C[C@@H]1CN(C(=O)C(=O)Nc2cncc3cn[nH]c23)[C@@H](c2ccccc2)CN1C(=O)O. The number of fused-ring (bicyclic) bond motifs is 1. The van der Waals surface area contributed by atoms with Crippen LogP contribution in [0.5, 0.6) is 0 Å². The summed E-state index contributed by atoms with van der Waals surface area (Å²) in [7, 11) is 0. The number of pyridine rings is 1. The second kappa shape index (κ2) is 7.82.